The van der Waals surface area contributed by atoms with Crippen LogP contribution in [0.25, 0.3) is 0 Å². The largest absolute Gasteiger partial charge is 0.492 e. The molecule has 0 atom stereocenters. The Kier molecular flexibility index (Phi) is 4.14. The van der Waals surface area contributed by atoms with Gasteiger partial charge in [0.1, 0.15) is 5.69 Å². The molecule has 1 aromatic carbocycles. The molecule has 0 unspecified atom stereocenters. The molecule has 104 valence electrons. The lowest BCUT2D eigenvalue weighted by atomic mass is 10.1. The molecule has 0 saturated heterocycles. The van der Waals surface area contributed by atoms with Crippen molar-refractivity contribution in [3.8, 4) is 5.88 Å². The zero-order chi connectivity index (χ0) is 14.5. The average molecular weight is 274 g/mol. The molecule has 2 aromatic rings. The van der Waals surface area contributed by atoms with E-state index >= 15 is 0 Å². The number of nitrogens with one attached hydrogen (secondary N) is 1. The molecule has 2 N–H and O–H groups in total. The first-order chi connectivity index (χ1) is 9.61. The fourth-order valence-electron chi connectivity index (χ4n) is 1.73. The molecular weight excluding hydrogens is 260 g/mol. The van der Waals surface area contributed by atoms with Crippen LogP contribution in [0.4, 0.5) is 0 Å². The predicted octanol–water partition coefficient (Wildman–Crippen LogP) is 1.24. The van der Waals surface area contributed by atoms with Crippen LogP contribution in [0.5, 0.6) is 5.88 Å². The molecule has 0 aliphatic rings. The number of hydrogen-bond acceptors (Lipinski definition) is 5. The molecule has 20 heavy (non-hydrogen) atoms. The summed E-state index contributed by atoms with van der Waals surface area (Å²) in [6.07, 6.45) is 0.271. The van der Waals surface area contributed by atoms with Crippen molar-refractivity contribution in [1.29, 1.82) is 0 Å². The third-order valence-corrected chi connectivity index (χ3v) is 2.66. The molecule has 2 rings (SSSR count). The highest BCUT2D eigenvalue weighted by Gasteiger charge is 2.17. The smallest absolute Gasteiger partial charge is 0.360 e. The summed E-state index contributed by atoms with van der Waals surface area (Å²) in [5.74, 6) is -1.34. The van der Waals surface area contributed by atoms with Crippen LogP contribution in [0.3, 0.4) is 0 Å². The van der Waals surface area contributed by atoms with Gasteiger partial charge in [0.2, 0.25) is 5.88 Å². The fraction of sp³-hybridized carbons (Fsp3) is 0.214. The van der Waals surface area contributed by atoms with Gasteiger partial charge in [-0.1, -0.05) is 30.3 Å². The molecular formula is C14H14N2O4. The lowest BCUT2D eigenvalue weighted by molar-refractivity contribution is 0.0514. The number of aromatic amines is 1. The van der Waals surface area contributed by atoms with Crippen molar-refractivity contribution in [3.63, 3.8) is 0 Å². The SMILES string of the molecule is CCOC(=O)c1[nH]c(=O)c(Cc2ccccc2)nc1O. The number of ether oxygens (including phenoxy) is 1. The molecule has 6 nitrogen and oxygen atoms in total. The van der Waals surface area contributed by atoms with Gasteiger partial charge in [0.15, 0.2) is 5.69 Å². The molecule has 0 aliphatic heterocycles. The van der Waals surface area contributed by atoms with E-state index in [0.717, 1.165) is 5.56 Å². The maximum Gasteiger partial charge on any atom is 0.360 e. The van der Waals surface area contributed by atoms with Crippen LogP contribution >= 0.6 is 0 Å². The van der Waals surface area contributed by atoms with Crippen molar-refractivity contribution in [2.24, 2.45) is 0 Å². The lowest BCUT2D eigenvalue weighted by Gasteiger charge is -2.05. The average Bonchev–Trinajstić information content (AvgIpc) is 2.44. The van der Waals surface area contributed by atoms with Gasteiger partial charge in [-0.2, -0.15) is 0 Å². The first-order valence-electron chi connectivity index (χ1n) is 6.15. The summed E-state index contributed by atoms with van der Waals surface area (Å²) in [6, 6.07) is 9.24. The monoisotopic (exact) mass is 274 g/mol. The molecule has 0 radical (unpaired) electrons. The fourth-order valence-corrected chi connectivity index (χ4v) is 1.73. The summed E-state index contributed by atoms with van der Waals surface area (Å²) in [5.41, 5.74) is 0.180. The third-order valence-electron chi connectivity index (χ3n) is 2.66. The minimum absolute atomic E-state index is 0.141. The lowest BCUT2D eigenvalue weighted by Crippen LogP contribution is -2.21. The van der Waals surface area contributed by atoms with Gasteiger partial charge in [0.25, 0.3) is 5.56 Å². The molecule has 1 heterocycles. The van der Waals surface area contributed by atoms with Crippen molar-refractivity contribution in [3.05, 3.63) is 57.6 Å². The summed E-state index contributed by atoms with van der Waals surface area (Å²) < 4.78 is 4.71. The number of aromatic hydroxyl groups is 1. The van der Waals surface area contributed by atoms with Crippen molar-refractivity contribution in [1.82, 2.24) is 9.97 Å². The molecule has 0 spiro atoms. The van der Waals surface area contributed by atoms with Gasteiger partial charge >= 0.3 is 5.97 Å². The second-order valence-electron chi connectivity index (χ2n) is 4.09. The van der Waals surface area contributed by atoms with E-state index in [1.54, 1.807) is 6.92 Å². The standard InChI is InChI=1S/C14H14N2O4/c1-2-20-14(19)11-13(18)15-10(12(17)16-11)8-9-6-4-3-5-7-9/h3-7H,2,8H2,1H3,(H,15,18)(H,16,17). The normalized spacial score (nSPS) is 10.2. The van der Waals surface area contributed by atoms with E-state index in [0.29, 0.717) is 0 Å². The second-order valence-corrected chi connectivity index (χ2v) is 4.09. The van der Waals surface area contributed by atoms with E-state index in [9.17, 15) is 14.7 Å². The van der Waals surface area contributed by atoms with Crippen molar-refractivity contribution >= 4 is 5.97 Å². The van der Waals surface area contributed by atoms with E-state index in [2.05, 4.69) is 9.97 Å². The summed E-state index contributed by atoms with van der Waals surface area (Å²) in [7, 11) is 0. The highest BCUT2D eigenvalue weighted by Crippen LogP contribution is 2.12. The number of H-pyrrole nitrogens is 1. The van der Waals surface area contributed by atoms with Crippen molar-refractivity contribution < 1.29 is 14.6 Å². The summed E-state index contributed by atoms with van der Waals surface area (Å²) in [6.45, 7) is 1.77. The first kappa shape index (κ1) is 13.8. The van der Waals surface area contributed by atoms with Gasteiger partial charge in [-0.15, -0.1) is 0 Å². The van der Waals surface area contributed by atoms with Crippen LogP contribution in [-0.2, 0) is 11.2 Å². The quantitative estimate of drug-likeness (QED) is 0.818. The Labute approximate surface area is 115 Å². The van der Waals surface area contributed by atoms with Crippen LogP contribution in [-0.4, -0.2) is 27.7 Å². The Morgan fingerprint density at radius 1 is 1.35 bits per heavy atom. The second kappa shape index (κ2) is 6.01. The van der Waals surface area contributed by atoms with Gasteiger partial charge in [0, 0.05) is 6.42 Å². The maximum atomic E-state index is 11.9. The number of aromatic nitrogens is 2. The first-order valence-corrected chi connectivity index (χ1v) is 6.15. The number of esters is 1. The third kappa shape index (κ3) is 3.03. The Morgan fingerprint density at radius 2 is 2.05 bits per heavy atom. The predicted molar refractivity (Wildman–Crippen MR) is 71.7 cm³/mol. The topological polar surface area (TPSA) is 92.3 Å². The Bertz CT molecular complexity index is 665. The highest BCUT2D eigenvalue weighted by atomic mass is 16.5. The molecule has 0 saturated carbocycles. The minimum atomic E-state index is -0.805. The number of carbonyl (C=O) groups excluding carboxylic acids is 1. The summed E-state index contributed by atoms with van der Waals surface area (Å²) in [4.78, 5) is 29.5. The van der Waals surface area contributed by atoms with E-state index in [1.807, 2.05) is 30.3 Å². The van der Waals surface area contributed by atoms with E-state index in [-0.39, 0.29) is 24.4 Å². The number of benzene rings is 1. The van der Waals surface area contributed by atoms with Gasteiger partial charge in [-0.05, 0) is 12.5 Å². The minimum Gasteiger partial charge on any atom is -0.492 e. The number of hydrogen-bond donors (Lipinski definition) is 2. The zero-order valence-electron chi connectivity index (χ0n) is 10.9. The summed E-state index contributed by atoms with van der Waals surface area (Å²) >= 11 is 0. The molecule has 0 bridgehead atoms. The summed E-state index contributed by atoms with van der Waals surface area (Å²) in [5, 5.41) is 9.71. The van der Waals surface area contributed by atoms with Crippen LogP contribution < -0.4 is 5.56 Å². The maximum absolute atomic E-state index is 11.9. The van der Waals surface area contributed by atoms with E-state index in [4.69, 9.17) is 4.74 Å². The molecule has 0 amide bonds. The van der Waals surface area contributed by atoms with Gasteiger partial charge < -0.3 is 14.8 Å². The molecule has 1 aromatic heterocycles. The highest BCUT2D eigenvalue weighted by molar-refractivity contribution is 5.89. The van der Waals surface area contributed by atoms with Crippen LogP contribution in [0.15, 0.2) is 35.1 Å². The Balaban J connectivity index is 2.31. The number of nitrogens with zero attached hydrogens (tertiary/aromatic N) is 1. The van der Waals surface area contributed by atoms with Crippen LogP contribution in [0.1, 0.15) is 28.7 Å². The molecule has 0 fully saturated rings. The number of carbonyl (C=O) groups is 1. The van der Waals surface area contributed by atoms with Gasteiger partial charge in [0.05, 0.1) is 6.61 Å². The van der Waals surface area contributed by atoms with Gasteiger partial charge in [-0.25, -0.2) is 9.78 Å². The van der Waals surface area contributed by atoms with E-state index < -0.39 is 17.4 Å². The Hall–Kier alpha value is -2.63. The zero-order valence-corrected chi connectivity index (χ0v) is 10.9. The van der Waals surface area contributed by atoms with E-state index in [1.165, 1.54) is 0 Å². The Morgan fingerprint density at radius 3 is 2.70 bits per heavy atom. The van der Waals surface area contributed by atoms with Gasteiger partial charge in [-0.3, -0.25) is 4.79 Å². The number of rotatable bonds is 4. The molecule has 0 aliphatic carbocycles. The molecule has 6 heteroatoms. The van der Waals surface area contributed by atoms with Crippen molar-refractivity contribution in [2.75, 3.05) is 6.61 Å². The van der Waals surface area contributed by atoms with Crippen LogP contribution in [0, 0.1) is 0 Å². The van der Waals surface area contributed by atoms with Crippen molar-refractivity contribution in [2.45, 2.75) is 13.3 Å². The van der Waals surface area contributed by atoms with Crippen LogP contribution in [0.2, 0.25) is 0 Å².